The fourth-order valence-electron chi connectivity index (χ4n) is 3.88. The molecule has 2 nitrogen and oxygen atoms in total. The van der Waals surface area contributed by atoms with E-state index in [1.54, 1.807) is 0 Å². The van der Waals surface area contributed by atoms with Crippen LogP contribution in [0.1, 0.15) is 22.3 Å². The molecule has 0 aromatic heterocycles. The van der Waals surface area contributed by atoms with E-state index < -0.39 is 0 Å². The van der Waals surface area contributed by atoms with E-state index >= 15 is 0 Å². The molecule has 3 aliphatic rings. The van der Waals surface area contributed by atoms with Crippen molar-refractivity contribution >= 4 is 18.6 Å². The highest BCUT2D eigenvalue weighted by molar-refractivity contribution is 5.83. The molecule has 26 heavy (non-hydrogen) atoms. The molecule has 0 amide bonds. The highest BCUT2D eigenvalue weighted by atomic mass is 16.5. The Morgan fingerprint density at radius 1 is 0.692 bits per heavy atom. The van der Waals surface area contributed by atoms with Gasteiger partial charge in [-0.1, -0.05) is 60.7 Å². The summed E-state index contributed by atoms with van der Waals surface area (Å²) >= 11 is 0. The highest BCUT2D eigenvalue weighted by Crippen LogP contribution is 2.26. The molecule has 2 aliphatic carbocycles. The number of hydrogen-bond donors (Lipinski definition) is 0. The fraction of sp³-hybridized carbons (Fsp3) is 0.125. The summed E-state index contributed by atoms with van der Waals surface area (Å²) < 4.78 is 4.65. The zero-order valence-corrected chi connectivity index (χ0v) is 14.5. The molecule has 126 valence electrons. The second-order valence-corrected chi connectivity index (χ2v) is 6.73. The monoisotopic (exact) mass is 337 g/mol. The lowest BCUT2D eigenvalue weighted by atomic mass is 9.90. The topological polar surface area (TPSA) is 21.6 Å². The Labute approximate surface area is 152 Å². The fourth-order valence-corrected chi connectivity index (χ4v) is 3.88. The van der Waals surface area contributed by atoms with E-state index in [1.807, 2.05) is 0 Å². The lowest BCUT2D eigenvalue weighted by Crippen LogP contribution is -2.31. The van der Waals surface area contributed by atoms with Crippen LogP contribution in [0.5, 0.6) is 0 Å². The van der Waals surface area contributed by atoms with Crippen molar-refractivity contribution in [1.29, 1.82) is 0 Å². The summed E-state index contributed by atoms with van der Waals surface area (Å²) in [6.45, 7) is 1.62. The smallest absolute Gasteiger partial charge is 0.169 e. The van der Waals surface area contributed by atoms with E-state index in [4.69, 9.17) is 0 Å². The van der Waals surface area contributed by atoms with Crippen molar-refractivity contribution in [3.8, 4) is 11.1 Å². The molecule has 0 spiro atoms. The molecule has 1 aliphatic heterocycles. The molecule has 0 saturated carbocycles. The first-order valence-corrected chi connectivity index (χ1v) is 9.03. The van der Waals surface area contributed by atoms with Gasteiger partial charge in [-0.3, -0.25) is 4.99 Å². The second-order valence-electron chi connectivity index (χ2n) is 6.73. The van der Waals surface area contributed by atoms with Crippen LogP contribution in [0.2, 0.25) is 0 Å². The van der Waals surface area contributed by atoms with Crippen LogP contribution in [0.4, 0.5) is 0 Å². The van der Waals surface area contributed by atoms with Gasteiger partial charge in [0, 0.05) is 0 Å². The molecule has 0 fully saturated rings. The summed E-state index contributed by atoms with van der Waals surface area (Å²) in [5, 5.41) is 2.80. The van der Waals surface area contributed by atoms with Gasteiger partial charge in [0.15, 0.2) is 6.40 Å². The second kappa shape index (κ2) is 6.30. The van der Waals surface area contributed by atoms with Gasteiger partial charge in [-0.2, -0.15) is 0 Å². The lowest BCUT2D eigenvalue weighted by Gasteiger charge is -2.14. The minimum absolute atomic E-state index is 0.778. The molecule has 0 N–H and O–H groups in total. The van der Waals surface area contributed by atoms with Crippen molar-refractivity contribution in [2.24, 2.45) is 4.99 Å². The number of benzene rings is 3. The molecular formula is C24H19NO. The molecule has 2 heteroatoms. The standard InChI is InChI=1S/C21H14.C3H5NO/c1-2-6-15-12-20-17(11-14(15)5-1)9-10-19-18-8-4-3-7-16(18)13-21(19)20;1-2-5-3-4-1/h1-10,12-13H,11H2;3H,1-2H2. The van der Waals surface area contributed by atoms with Crippen LogP contribution in [0.3, 0.4) is 0 Å². The predicted octanol–water partition coefficient (Wildman–Crippen LogP) is 3.27. The summed E-state index contributed by atoms with van der Waals surface area (Å²) in [5.41, 5.74) is 8.32. The van der Waals surface area contributed by atoms with Gasteiger partial charge in [-0.15, -0.1) is 0 Å². The first kappa shape index (κ1) is 15.2. The highest BCUT2D eigenvalue weighted by Gasteiger charge is 2.16. The van der Waals surface area contributed by atoms with Crippen LogP contribution in [-0.4, -0.2) is 19.6 Å². The maximum absolute atomic E-state index is 4.65. The Bertz CT molecular complexity index is 1140. The molecule has 1 heterocycles. The number of aliphatic imine (C=N–C) groups is 1. The third-order valence-corrected chi connectivity index (χ3v) is 5.15. The normalized spacial score (nSPS) is 14.5. The lowest BCUT2D eigenvalue weighted by molar-refractivity contribution is 0.361. The number of ether oxygens (including phenoxy) is 1. The van der Waals surface area contributed by atoms with Crippen molar-refractivity contribution in [3.63, 3.8) is 0 Å². The Balaban J connectivity index is 0.000000262. The van der Waals surface area contributed by atoms with Crippen molar-refractivity contribution in [2.75, 3.05) is 13.2 Å². The van der Waals surface area contributed by atoms with E-state index in [0.29, 0.717) is 0 Å². The third kappa shape index (κ3) is 2.55. The molecule has 6 rings (SSSR count). The Hall–Kier alpha value is -3.13. The summed E-state index contributed by atoms with van der Waals surface area (Å²) in [5.74, 6) is 0. The van der Waals surface area contributed by atoms with E-state index in [0.717, 1.165) is 19.6 Å². The van der Waals surface area contributed by atoms with Gasteiger partial charge >= 0.3 is 0 Å². The largest absolute Gasteiger partial charge is 0.482 e. The summed E-state index contributed by atoms with van der Waals surface area (Å²) in [4.78, 5) is 3.74. The average molecular weight is 337 g/mol. The SMILES string of the molecule is C1=NCCO1.C1=c2c(ccc3c2=Cc2ccccc2-3)Cc2ccccc21. The molecule has 0 unspecified atom stereocenters. The van der Waals surface area contributed by atoms with Crippen LogP contribution in [0.15, 0.2) is 65.7 Å². The van der Waals surface area contributed by atoms with Crippen molar-refractivity contribution in [3.05, 3.63) is 93.4 Å². The van der Waals surface area contributed by atoms with Gasteiger partial charge < -0.3 is 4.74 Å². The number of nitrogens with zero attached hydrogens (tertiary/aromatic N) is 1. The van der Waals surface area contributed by atoms with Crippen LogP contribution < -0.4 is 10.4 Å². The Kier molecular flexibility index (Phi) is 3.67. The summed E-state index contributed by atoms with van der Waals surface area (Å²) in [6.07, 6.45) is 7.22. The van der Waals surface area contributed by atoms with Gasteiger partial charge in [0.2, 0.25) is 0 Å². The van der Waals surface area contributed by atoms with Crippen molar-refractivity contribution in [1.82, 2.24) is 0 Å². The summed E-state index contributed by atoms with van der Waals surface area (Å²) in [7, 11) is 0. The maximum atomic E-state index is 4.65. The van der Waals surface area contributed by atoms with Crippen LogP contribution in [0.25, 0.3) is 23.3 Å². The number of fused-ring (bicyclic) bond motifs is 6. The Morgan fingerprint density at radius 3 is 2.31 bits per heavy atom. The molecule has 0 bridgehead atoms. The van der Waals surface area contributed by atoms with Crippen LogP contribution in [-0.2, 0) is 11.2 Å². The van der Waals surface area contributed by atoms with Crippen LogP contribution in [0, 0.1) is 0 Å². The zero-order chi connectivity index (χ0) is 17.3. The number of hydrogen-bond acceptors (Lipinski definition) is 2. The molecule has 0 radical (unpaired) electrons. The average Bonchev–Trinajstić information content (AvgIpc) is 3.38. The minimum Gasteiger partial charge on any atom is -0.482 e. The molecule has 0 saturated heterocycles. The molecular weight excluding hydrogens is 318 g/mol. The first-order valence-electron chi connectivity index (χ1n) is 9.03. The molecule has 3 aromatic carbocycles. The third-order valence-electron chi connectivity index (χ3n) is 5.15. The van der Waals surface area contributed by atoms with Gasteiger partial charge in [0.25, 0.3) is 0 Å². The quantitative estimate of drug-likeness (QED) is 0.425. The predicted molar refractivity (Wildman–Crippen MR) is 107 cm³/mol. The van der Waals surface area contributed by atoms with Gasteiger partial charge in [0.05, 0.1) is 6.54 Å². The first-order chi connectivity index (χ1) is 12.9. The van der Waals surface area contributed by atoms with Gasteiger partial charge in [-0.05, 0) is 62.4 Å². The van der Waals surface area contributed by atoms with Crippen molar-refractivity contribution in [2.45, 2.75) is 6.42 Å². The van der Waals surface area contributed by atoms with Gasteiger partial charge in [-0.25, -0.2) is 0 Å². The van der Waals surface area contributed by atoms with E-state index in [-0.39, 0.29) is 0 Å². The molecule has 0 atom stereocenters. The number of rotatable bonds is 0. The van der Waals surface area contributed by atoms with Gasteiger partial charge in [0.1, 0.15) is 6.61 Å². The van der Waals surface area contributed by atoms with E-state index in [2.05, 4.69) is 82.5 Å². The van der Waals surface area contributed by atoms with Crippen LogP contribution >= 0.6 is 0 Å². The maximum Gasteiger partial charge on any atom is 0.169 e. The minimum atomic E-state index is 0.778. The Morgan fingerprint density at radius 2 is 1.50 bits per heavy atom. The summed E-state index contributed by atoms with van der Waals surface area (Å²) in [6, 6.07) is 22.0. The van der Waals surface area contributed by atoms with E-state index in [1.165, 1.54) is 50.2 Å². The molecule has 3 aromatic rings. The van der Waals surface area contributed by atoms with E-state index in [9.17, 15) is 0 Å². The zero-order valence-electron chi connectivity index (χ0n) is 14.5. The van der Waals surface area contributed by atoms with Crippen molar-refractivity contribution < 1.29 is 4.74 Å².